The first kappa shape index (κ1) is 82.4. The van der Waals surface area contributed by atoms with Crippen LogP contribution in [0.4, 0.5) is 0 Å². The van der Waals surface area contributed by atoms with E-state index in [0.29, 0.717) is 0 Å². The van der Waals surface area contributed by atoms with E-state index in [-0.39, 0.29) is 185 Å². The van der Waals surface area contributed by atoms with E-state index in [1.807, 2.05) is 0 Å². The van der Waals surface area contributed by atoms with Crippen molar-refractivity contribution in [1.82, 2.24) is 0 Å². The molecule has 0 aliphatic rings. The van der Waals surface area contributed by atoms with Crippen molar-refractivity contribution < 1.29 is 70.1 Å². The van der Waals surface area contributed by atoms with E-state index in [4.69, 9.17) is 0 Å². The van der Waals surface area contributed by atoms with Gasteiger partial charge in [0.2, 0.25) is 0 Å². The van der Waals surface area contributed by atoms with Gasteiger partial charge in [-0.2, -0.15) is 13.5 Å². The summed E-state index contributed by atoms with van der Waals surface area (Å²) in [6.45, 7) is 0. The van der Waals surface area contributed by atoms with Gasteiger partial charge in [0.15, 0.2) is 0 Å². The van der Waals surface area contributed by atoms with Crippen LogP contribution in [0.25, 0.3) is 0 Å². The van der Waals surface area contributed by atoms with Crippen LogP contribution in [0.5, 0.6) is 0 Å². The Balaban J connectivity index is 0. The second-order valence-electron chi connectivity index (χ2n) is 0. The molecule has 0 aromatic rings. The van der Waals surface area contributed by atoms with Crippen LogP contribution in [-0.2, 0) is 70.1 Å². The third kappa shape index (κ3) is 56.4. The van der Waals surface area contributed by atoms with E-state index in [1.54, 1.807) is 0 Å². The Bertz CT molecular complexity index is 28.5. The quantitative estimate of drug-likeness (QED) is 0.262. The second-order valence-corrected chi connectivity index (χ2v) is 0. The SMILES string of the molecule is S.[Bi].[Cu].[Fe].[Ni].[Pb].[Sb].[Sn].[Zn]. The van der Waals surface area contributed by atoms with E-state index in [1.165, 1.54) is 0 Å². The van der Waals surface area contributed by atoms with E-state index in [9.17, 15) is 0 Å². The summed E-state index contributed by atoms with van der Waals surface area (Å²) >= 11 is 0. The van der Waals surface area contributed by atoms with Gasteiger partial charge in [-0.05, 0) is 0 Å². The molecule has 0 saturated carbocycles. The topological polar surface area (TPSA) is 0 Å². The maximum atomic E-state index is 0. The minimum Gasteiger partial charge on any atom is -0.197 e. The molecule has 57 valence electrons. The fourth-order valence-corrected chi connectivity index (χ4v) is 0. The second kappa shape index (κ2) is 66.2. The summed E-state index contributed by atoms with van der Waals surface area (Å²) in [6, 6.07) is 0. The summed E-state index contributed by atoms with van der Waals surface area (Å²) in [7, 11) is 0. The molecule has 0 fully saturated rings. The molecule has 0 rings (SSSR count). The average molecular weight is 934 g/mol. The van der Waals surface area contributed by atoms with E-state index in [2.05, 4.69) is 0 Å². The van der Waals surface area contributed by atoms with Gasteiger partial charge in [-0.1, -0.05) is 0 Å². The van der Waals surface area contributed by atoms with Crippen LogP contribution in [-0.4, -0.2) is 102 Å². The van der Waals surface area contributed by atoms with Crippen LogP contribution in [0.15, 0.2) is 0 Å². The Labute approximate surface area is 181 Å². The molecular formula is H2BiCuFeNiPbSSbSnZn. The Kier molecular flexibility index (Phi) is 607. The van der Waals surface area contributed by atoms with Crippen molar-refractivity contribution in [1.29, 1.82) is 0 Å². The van der Waals surface area contributed by atoms with E-state index < -0.39 is 0 Å². The van der Waals surface area contributed by atoms with Crippen LogP contribution < -0.4 is 0 Å². The smallest absolute Gasteiger partial charge is 0 e. The molecule has 9 heavy (non-hydrogen) atoms. The molecule has 0 saturated heterocycles. The van der Waals surface area contributed by atoms with Gasteiger partial charge in [0.25, 0.3) is 0 Å². The van der Waals surface area contributed by atoms with Crippen molar-refractivity contribution >= 4 is 115 Å². The predicted molar refractivity (Wildman–Crippen MR) is 33.4 cm³/mol. The standard InChI is InChI=1S/Bi.Cu.Fe.Ni.Pb.H2S.Sb.Sn.Zn/h;;;;;1H2;;;. The molecule has 0 aliphatic heterocycles. The molecule has 0 spiro atoms. The van der Waals surface area contributed by atoms with Crippen molar-refractivity contribution in [2.75, 3.05) is 0 Å². The molecule has 0 amide bonds. The van der Waals surface area contributed by atoms with Crippen LogP contribution in [0.2, 0.25) is 0 Å². The molecule has 0 bridgehead atoms. The van der Waals surface area contributed by atoms with Gasteiger partial charge in [0, 0.05) is 172 Å². The Morgan fingerprint density at radius 1 is 1.00 bits per heavy atom. The summed E-state index contributed by atoms with van der Waals surface area (Å²) in [4.78, 5) is 0. The van der Waals surface area contributed by atoms with Crippen molar-refractivity contribution in [3.8, 4) is 0 Å². The van der Waals surface area contributed by atoms with Crippen LogP contribution in [0.3, 0.4) is 0 Å². The molecule has 0 N–H and O–H groups in total. The van der Waals surface area contributed by atoms with Crippen molar-refractivity contribution in [2.24, 2.45) is 0 Å². The fourth-order valence-electron chi connectivity index (χ4n) is 0. The van der Waals surface area contributed by atoms with Crippen molar-refractivity contribution in [3.05, 3.63) is 0 Å². The Morgan fingerprint density at radius 2 is 1.00 bits per heavy atom. The number of hydrogen-bond acceptors (Lipinski definition) is 0. The summed E-state index contributed by atoms with van der Waals surface area (Å²) in [5, 5.41) is 0. The molecule has 0 aromatic carbocycles. The number of rotatable bonds is 0. The predicted octanol–water partition coefficient (Wildman–Crippen LogP) is -1.42. The summed E-state index contributed by atoms with van der Waals surface area (Å²) in [5.41, 5.74) is 0. The van der Waals surface area contributed by atoms with Gasteiger partial charge < -0.3 is 0 Å². The van der Waals surface area contributed by atoms with Crippen LogP contribution in [0, 0.1) is 0 Å². The van der Waals surface area contributed by atoms with Crippen molar-refractivity contribution in [3.63, 3.8) is 0 Å². The minimum absolute atomic E-state index is 0. The number of hydrogen-bond donors (Lipinski definition) is 0. The molecule has 0 atom stereocenters. The zero-order valence-electron chi connectivity index (χ0n) is 4.07. The van der Waals surface area contributed by atoms with Crippen LogP contribution in [0.1, 0.15) is 0 Å². The zero-order chi connectivity index (χ0) is 0. The Hall–Kier alpha value is 5.93. The van der Waals surface area contributed by atoms with Gasteiger partial charge in [-0.15, -0.1) is 0 Å². The molecule has 0 aromatic heterocycles. The fraction of sp³-hybridized carbons (Fsp3) is 0. The third-order valence-electron chi connectivity index (χ3n) is 0. The van der Waals surface area contributed by atoms with Gasteiger partial charge in [0.05, 0.1) is 0 Å². The monoisotopic (exact) mass is 932 g/mol. The normalized spacial score (nSPS) is 0. The first-order valence-corrected chi connectivity index (χ1v) is 0. The van der Waals surface area contributed by atoms with Gasteiger partial charge in [-0.25, -0.2) is 0 Å². The van der Waals surface area contributed by atoms with Crippen molar-refractivity contribution in [2.45, 2.75) is 0 Å². The van der Waals surface area contributed by atoms with Gasteiger partial charge in [-0.3, -0.25) is 0 Å². The Morgan fingerprint density at radius 3 is 1.00 bits per heavy atom. The maximum absolute atomic E-state index is 0. The maximum Gasteiger partial charge on any atom is 0 e. The van der Waals surface area contributed by atoms with Gasteiger partial charge in [0.1, 0.15) is 0 Å². The molecule has 0 heterocycles. The largest absolute Gasteiger partial charge is 0.197 e. The first-order valence-electron chi connectivity index (χ1n) is 0. The van der Waals surface area contributed by atoms with E-state index >= 15 is 0 Å². The van der Waals surface area contributed by atoms with Crippen LogP contribution >= 0.6 is 13.5 Å². The molecule has 0 nitrogen and oxygen atoms in total. The molecule has 15 radical (unpaired) electrons. The molecular weight excluding hydrogens is 932 g/mol. The summed E-state index contributed by atoms with van der Waals surface area (Å²) < 4.78 is 0. The summed E-state index contributed by atoms with van der Waals surface area (Å²) in [6.07, 6.45) is 0. The summed E-state index contributed by atoms with van der Waals surface area (Å²) in [5.74, 6) is 0. The zero-order valence-corrected chi connectivity index (χ0v) is 23.8. The van der Waals surface area contributed by atoms with E-state index in [0.717, 1.165) is 0 Å². The third-order valence-corrected chi connectivity index (χ3v) is 0. The minimum atomic E-state index is 0. The first-order chi connectivity index (χ1) is 0. The molecule has 9 heteroatoms. The molecule has 0 aliphatic carbocycles. The average Bonchev–Trinajstić information content (AvgIpc) is 0. The van der Waals surface area contributed by atoms with Gasteiger partial charge >= 0.3 is 0 Å². The molecule has 0 unspecified atom stereocenters.